The Morgan fingerprint density at radius 1 is 1.22 bits per heavy atom. The van der Waals surface area contributed by atoms with Crippen LogP contribution in [0.3, 0.4) is 0 Å². The molecule has 1 fully saturated rings. The lowest BCUT2D eigenvalue weighted by Crippen LogP contribution is -2.40. The van der Waals surface area contributed by atoms with E-state index in [0.717, 1.165) is 25.5 Å². The number of hydrogen-bond acceptors (Lipinski definition) is 2. The van der Waals surface area contributed by atoms with Gasteiger partial charge >= 0.3 is 0 Å². The number of hydrogen-bond donors (Lipinski definition) is 1. The maximum absolute atomic E-state index is 13.4. The molecule has 2 rings (SSSR count). The molecule has 1 unspecified atom stereocenters. The van der Waals surface area contributed by atoms with Crippen LogP contribution in [-0.4, -0.2) is 31.1 Å². The fraction of sp³-hybridized carbons (Fsp3) is 0.538. The summed E-state index contributed by atoms with van der Waals surface area (Å²) >= 11 is 0. The molecule has 18 heavy (non-hydrogen) atoms. The summed E-state index contributed by atoms with van der Waals surface area (Å²) in [6.07, 6.45) is 3.36. The first-order valence-corrected chi connectivity index (χ1v) is 6.17. The zero-order valence-electron chi connectivity index (χ0n) is 10.3. The van der Waals surface area contributed by atoms with Crippen molar-refractivity contribution in [1.82, 2.24) is 4.90 Å². The molecule has 0 aliphatic carbocycles. The fourth-order valence-electron chi connectivity index (χ4n) is 2.29. The van der Waals surface area contributed by atoms with Crippen LogP contribution in [0.15, 0.2) is 12.1 Å². The Kier molecular flexibility index (Phi) is 4.11. The van der Waals surface area contributed by atoms with E-state index < -0.39 is 17.5 Å². The highest BCUT2D eigenvalue weighted by Gasteiger charge is 2.19. The maximum atomic E-state index is 13.4. The quantitative estimate of drug-likeness (QED) is 0.838. The minimum absolute atomic E-state index is 0.0212. The van der Waals surface area contributed by atoms with E-state index in [9.17, 15) is 13.2 Å². The number of piperidine rings is 1. The van der Waals surface area contributed by atoms with Gasteiger partial charge in [-0.15, -0.1) is 0 Å². The molecule has 1 aliphatic rings. The number of likely N-dealkylation sites (tertiary alicyclic amines) is 1. The molecule has 0 saturated carbocycles. The van der Waals surface area contributed by atoms with Gasteiger partial charge < -0.3 is 10.2 Å². The molecule has 1 atom stereocenters. The average molecular weight is 258 g/mol. The predicted molar refractivity (Wildman–Crippen MR) is 65.1 cm³/mol. The molecule has 100 valence electrons. The van der Waals surface area contributed by atoms with Crippen LogP contribution in [0.25, 0.3) is 0 Å². The van der Waals surface area contributed by atoms with Gasteiger partial charge in [-0.2, -0.15) is 0 Å². The van der Waals surface area contributed by atoms with E-state index >= 15 is 0 Å². The molecule has 5 heteroatoms. The van der Waals surface area contributed by atoms with Gasteiger partial charge in [-0.3, -0.25) is 0 Å². The van der Waals surface area contributed by atoms with E-state index in [1.807, 2.05) is 7.05 Å². The Balaban J connectivity index is 1.99. The summed E-state index contributed by atoms with van der Waals surface area (Å²) in [5.74, 6) is -3.72. The van der Waals surface area contributed by atoms with E-state index in [1.165, 1.54) is 12.5 Å². The summed E-state index contributed by atoms with van der Waals surface area (Å²) in [5, 5.41) is 2.86. The molecular formula is C13H17F3N2. The van der Waals surface area contributed by atoms with Gasteiger partial charge in [0.25, 0.3) is 0 Å². The zero-order chi connectivity index (χ0) is 13.1. The first-order valence-electron chi connectivity index (χ1n) is 6.17. The van der Waals surface area contributed by atoms with Crippen LogP contribution in [0.1, 0.15) is 19.3 Å². The maximum Gasteiger partial charge on any atom is 0.196 e. The first kappa shape index (κ1) is 13.2. The normalized spacial score (nSPS) is 21.0. The third-order valence-corrected chi connectivity index (χ3v) is 3.48. The predicted octanol–water partition coefficient (Wildman–Crippen LogP) is 3.00. The Bertz CT molecular complexity index is 423. The zero-order valence-corrected chi connectivity index (χ0v) is 10.3. The monoisotopic (exact) mass is 258 g/mol. The van der Waals surface area contributed by atoms with Gasteiger partial charge in [0.15, 0.2) is 17.5 Å². The van der Waals surface area contributed by atoms with E-state index in [-0.39, 0.29) is 5.69 Å². The number of anilines is 1. The summed E-state index contributed by atoms with van der Waals surface area (Å²) < 4.78 is 39.2. The van der Waals surface area contributed by atoms with Gasteiger partial charge in [0.1, 0.15) is 0 Å². The third-order valence-electron chi connectivity index (χ3n) is 3.48. The molecule has 2 nitrogen and oxygen atoms in total. The Morgan fingerprint density at radius 3 is 2.72 bits per heavy atom. The Morgan fingerprint density at radius 2 is 2.00 bits per heavy atom. The smallest absolute Gasteiger partial charge is 0.196 e. The molecule has 0 bridgehead atoms. The van der Waals surface area contributed by atoms with Crippen LogP contribution < -0.4 is 5.32 Å². The van der Waals surface area contributed by atoms with Crippen LogP contribution in [0.5, 0.6) is 0 Å². The lowest BCUT2D eigenvalue weighted by atomic mass is 10.0. The van der Waals surface area contributed by atoms with Crippen molar-refractivity contribution in [3.63, 3.8) is 0 Å². The van der Waals surface area contributed by atoms with Crippen molar-refractivity contribution in [2.75, 3.05) is 25.5 Å². The van der Waals surface area contributed by atoms with Crippen molar-refractivity contribution in [1.29, 1.82) is 0 Å². The fourth-order valence-corrected chi connectivity index (χ4v) is 2.29. The number of benzene rings is 1. The molecule has 0 amide bonds. The highest BCUT2D eigenvalue weighted by molar-refractivity contribution is 5.45. The summed E-state index contributed by atoms with van der Waals surface area (Å²) in [5.41, 5.74) is 0.0212. The molecule has 1 aliphatic heterocycles. The summed E-state index contributed by atoms with van der Waals surface area (Å²) in [4.78, 5) is 2.20. The van der Waals surface area contributed by atoms with Crippen molar-refractivity contribution in [2.45, 2.75) is 25.3 Å². The third kappa shape index (κ3) is 2.77. The van der Waals surface area contributed by atoms with Gasteiger partial charge in [-0.25, -0.2) is 13.2 Å². The van der Waals surface area contributed by atoms with Crippen molar-refractivity contribution < 1.29 is 13.2 Å². The van der Waals surface area contributed by atoms with E-state index in [4.69, 9.17) is 0 Å². The lowest BCUT2D eigenvalue weighted by molar-refractivity contribution is 0.194. The van der Waals surface area contributed by atoms with Gasteiger partial charge in [0.05, 0.1) is 5.69 Å². The van der Waals surface area contributed by atoms with E-state index in [1.54, 1.807) is 0 Å². The minimum Gasteiger partial charge on any atom is -0.381 e. The topological polar surface area (TPSA) is 15.3 Å². The second-order valence-electron chi connectivity index (χ2n) is 4.73. The van der Waals surface area contributed by atoms with Crippen molar-refractivity contribution >= 4 is 5.69 Å². The molecule has 1 heterocycles. The molecular weight excluding hydrogens is 241 g/mol. The molecule has 1 saturated heterocycles. The van der Waals surface area contributed by atoms with Gasteiger partial charge in [-0.1, -0.05) is 6.42 Å². The highest BCUT2D eigenvalue weighted by atomic mass is 19.2. The van der Waals surface area contributed by atoms with Crippen LogP contribution >= 0.6 is 0 Å². The molecule has 0 radical (unpaired) electrons. The number of rotatable bonds is 3. The minimum atomic E-state index is -1.42. The van der Waals surface area contributed by atoms with E-state index in [0.29, 0.717) is 12.6 Å². The standard InChI is InChI=1S/C13H17F3N2/c1-18-7-3-2-4-9(18)8-17-11-6-5-10(14)12(15)13(11)16/h5-6,9,17H,2-4,7-8H2,1H3. The van der Waals surface area contributed by atoms with Crippen LogP contribution in [-0.2, 0) is 0 Å². The SMILES string of the molecule is CN1CCCCC1CNc1ccc(F)c(F)c1F. The molecule has 1 aromatic carbocycles. The number of nitrogens with one attached hydrogen (secondary N) is 1. The second kappa shape index (κ2) is 5.61. The van der Waals surface area contributed by atoms with Crippen LogP contribution in [0.4, 0.5) is 18.9 Å². The van der Waals surface area contributed by atoms with Gasteiger partial charge in [-0.05, 0) is 38.6 Å². The lowest BCUT2D eigenvalue weighted by Gasteiger charge is -2.32. The summed E-state index contributed by atoms with van der Waals surface area (Å²) in [6.45, 7) is 1.56. The molecule has 0 spiro atoms. The van der Waals surface area contributed by atoms with Crippen LogP contribution in [0, 0.1) is 17.5 Å². The Hall–Kier alpha value is -1.23. The second-order valence-corrected chi connectivity index (χ2v) is 4.73. The molecule has 1 aromatic rings. The van der Waals surface area contributed by atoms with E-state index in [2.05, 4.69) is 10.2 Å². The van der Waals surface area contributed by atoms with Crippen molar-refractivity contribution in [3.8, 4) is 0 Å². The van der Waals surface area contributed by atoms with Gasteiger partial charge in [0.2, 0.25) is 0 Å². The van der Waals surface area contributed by atoms with Crippen molar-refractivity contribution in [3.05, 3.63) is 29.6 Å². The largest absolute Gasteiger partial charge is 0.381 e. The number of nitrogens with zero attached hydrogens (tertiary/aromatic N) is 1. The van der Waals surface area contributed by atoms with Gasteiger partial charge in [0, 0.05) is 12.6 Å². The molecule has 1 N–H and O–H groups in total. The van der Waals surface area contributed by atoms with Crippen molar-refractivity contribution in [2.24, 2.45) is 0 Å². The average Bonchev–Trinajstić information content (AvgIpc) is 2.37. The number of halogens is 3. The van der Waals surface area contributed by atoms with Crippen LogP contribution in [0.2, 0.25) is 0 Å². The first-order chi connectivity index (χ1) is 8.59. The number of likely N-dealkylation sites (N-methyl/N-ethyl adjacent to an activating group) is 1. The Labute approximate surface area is 105 Å². The molecule has 0 aromatic heterocycles. The summed E-state index contributed by atoms with van der Waals surface area (Å²) in [7, 11) is 2.02. The highest BCUT2D eigenvalue weighted by Crippen LogP contribution is 2.21. The summed E-state index contributed by atoms with van der Waals surface area (Å²) in [6, 6.07) is 2.48.